The highest BCUT2D eigenvalue weighted by atomic mass is 35.5. The number of alkyl halides is 3. The van der Waals surface area contributed by atoms with Crippen LogP contribution in [-0.4, -0.2) is 42.9 Å². The molecule has 0 radical (unpaired) electrons. The molecule has 0 atom stereocenters. The van der Waals surface area contributed by atoms with Gasteiger partial charge in [-0.25, -0.2) is 13.4 Å². The molecule has 0 aliphatic heterocycles. The third-order valence-electron chi connectivity index (χ3n) is 5.21. The van der Waals surface area contributed by atoms with E-state index in [-0.39, 0.29) is 34.4 Å². The van der Waals surface area contributed by atoms with Gasteiger partial charge < -0.3 is 9.72 Å². The maximum absolute atomic E-state index is 13.4. The summed E-state index contributed by atoms with van der Waals surface area (Å²) in [6.45, 7) is 1.17. The van der Waals surface area contributed by atoms with E-state index in [0.29, 0.717) is 22.7 Å². The average Bonchev–Trinajstić information content (AvgIpc) is 3.29. The minimum absolute atomic E-state index is 0.0764. The molecule has 4 rings (SSSR count). The number of sulfonamides is 1. The third-order valence-corrected chi connectivity index (χ3v) is 6.78. The van der Waals surface area contributed by atoms with Crippen molar-refractivity contribution in [2.45, 2.75) is 18.0 Å². The summed E-state index contributed by atoms with van der Waals surface area (Å²) in [4.78, 5) is 15.4. The van der Waals surface area contributed by atoms with Crippen molar-refractivity contribution in [1.29, 1.82) is 0 Å². The second-order valence-corrected chi connectivity index (χ2v) is 9.77. The molecule has 0 aliphatic carbocycles. The number of nitrogens with one attached hydrogen (secondary N) is 2. The fourth-order valence-corrected chi connectivity index (χ4v) is 4.81. The Morgan fingerprint density at radius 3 is 2.69 bits per heavy atom. The van der Waals surface area contributed by atoms with E-state index < -0.39 is 26.7 Å². The fourth-order valence-electron chi connectivity index (χ4n) is 3.57. The molecular weight excluding hydrogens is 519 g/mol. The highest BCUT2D eigenvalue weighted by Crippen LogP contribution is 2.34. The van der Waals surface area contributed by atoms with Crippen molar-refractivity contribution in [1.82, 2.24) is 15.0 Å². The number of aromatic amines is 1. The van der Waals surface area contributed by atoms with Gasteiger partial charge in [-0.05, 0) is 42.8 Å². The molecule has 13 heteroatoms. The number of methoxy groups -OCH3 is 1. The largest absolute Gasteiger partial charge is 0.416 e. The Hall–Kier alpha value is -3.48. The maximum atomic E-state index is 13.4. The van der Waals surface area contributed by atoms with Crippen LogP contribution in [0.3, 0.4) is 0 Å². The monoisotopic (exact) mass is 537 g/mol. The van der Waals surface area contributed by atoms with Crippen molar-refractivity contribution in [3.63, 3.8) is 0 Å². The highest BCUT2D eigenvalue weighted by molar-refractivity contribution is 7.92. The van der Waals surface area contributed by atoms with Crippen molar-refractivity contribution in [3.05, 3.63) is 82.4 Å². The standard InChI is InChI=1S/C23H19ClF3N5O3S/c1-13-3-4-15(10-18(13)23(25,26)27)36(33,34)32-19-9-14(24)11-30-21(19)20(31-12-35-2)16-5-7-28-22-17(16)6-8-29-22/h3-11,32H,12H2,1-2H3,(H,28,29). The number of nitrogens with zero attached hydrogens (tertiary/aromatic N) is 3. The lowest BCUT2D eigenvalue weighted by Gasteiger charge is -2.16. The van der Waals surface area contributed by atoms with Crippen LogP contribution < -0.4 is 4.72 Å². The molecule has 2 N–H and O–H groups in total. The number of benzene rings is 1. The Labute approximate surface area is 209 Å². The first-order chi connectivity index (χ1) is 17.0. The number of hydrogen-bond acceptors (Lipinski definition) is 6. The van der Waals surface area contributed by atoms with Crippen LogP contribution in [0.2, 0.25) is 5.02 Å². The number of H-pyrrole nitrogens is 1. The molecule has 0 amide bonds. The van der Waals surface area contributed by atoms with Crippen molar-refractivity contribution in [3.8, 4) is 0 Å². The second-order valence-electron chi connectivity index (χ2n) is 7.65. The van der Waals surface area contributed by atoms with Crippen LogP contribution in [0.1, 0.15) is 22.4 Å². The zero-order chi connectivity index (χ0) is 26.1. The van der Waals surface area contributed by atoms with Crippen LogP contribution >= 0.6 is 11.6 Å². The summed E-state index contributed by atoms with van der Waals surface area (Å²) in [5.74, 6) is 0. The Morgan fingerprint density at radius 1 is 1.19 bits per heavy atom. The third kappa shape index (κ3) is 5.20. The topological polar surface area (TPSA) is 109 Å². The Bertz CT molecular complexity index is 1570. The molecular formula is C23H19ClF3N5O3S. The molecule has 0 bridgehead atoms. The molecule has 0 spiro atoms. The molecule has 3 heterocycles. The molecule has 0 unspecified atom stereocenters. The quantitative estimate of drug-likeness (QED) is 0.316. The Kier molecular flexibility index (Phi) is 7.03. The molecule has 0 aliphatic rings. The molecule has 36 heavy (non-hydrogen) atoms. The number of aromatic nitrogens is 3. The van der Waals surface area contributed by atoms with E-state index in [1.807, 2.05) is 0 Å². The van der Waals surface area contributed by atoms with Gasteiger partial charge in [-0.15, -0.1) is 0 Å². The zero-order valence-electron chi connectivity index (χ0n) is 18.9. The van der Waals surface area contributed by atoms with Gasteiger partial charge in [0, 0.05) is 36.7 Å². The first kappa shape index (κ1) is 25.6. The van der Waals surface area contributed by atoms with Gasteiger partial charge in [-0.2, -0.15) is 13.2 Å². The van der Waals surface area contributed by atoms with Crippen LogP contribution in [-0.2, 0) is 20.9 Å². The predicted octanol–water partition coefficient (Wildman–Crippen LogP) is 5.18. The van der Waals surface area contributed by atoms with Gasteiger partial charge in [0.05, 0.1) is 26.9 Å². The summed E-state index contributed by atoms with van der Waals surface area (Å²) in [7, 11) is -3.03. The summed E-state index contributed by atoms with van der Waals surface area (Å²) in [5, 5.41) is 0.787. The SMILES string of the molecule is COCN=C(c1ncc(Cl)cc1NS(=O)(=O)c1ccc(C)c(C(F)(F)F)c1)c1ccnc2[nH]ccc12. The Balaban J connectivity index is 1.84. The lowest BCUT2D eigenvalue weighted by atomic mass is 10.0. The summed E-state index contributed by atoms with van der Waals surface area (Å²) in [5.41, 5.74) is 0.260. The smallest absolute Gasteiger partial charge is 0.363 e. The first-order valence-electron chi connectivity index (χ1n) is 10.3. The highest BCUT2D eigenvalue weighted by Gasteiger charge is 2.34. The number of aryl methyl sites for hydroxylation is 1. The number of hydrogen-bond donors (Lipinski definition) is 2. The predicted molar refractivity (Wildman–Crippen MR) is 130 cm³/mol. The Morgan fingerprint density at radius 2 is 1.97 bits per heavy atom. The van der Waals surface area contributed by atoms with Crippen LogP contribution in [0.5, 0.6) is 0 Å². The second kappa shape index (κ2) is 9.88. The van der Waals surface area contributed by atoms with E-state index in [1.165, 1.54) is 26.3 Å². The van der Waals surface area contributed by atoms with Gasteiger partial charge in [0.1, 0.15) is 18.1 Å². The summed E-state index contributed by atoms with van der Waals surface area (Å²) in [6.07, 6.45) is -0.188. The molecule has 0 fully saturated rings. The zero-order valence-corrected chi connectivity index (χ0v) is 20.5. The van der Waals surface area contributed by atoms with E-state index in [1.54, 1.807) is 24.5 Å². The number of pyridine rings is 2. The molecule has 0 saturated heterocycles. The van der Waals surface area contributed by atoms with Crippen molar-refractivity contribution in [2.24, 2.45) is 4.99 Å². The summed E-state index contributed by atoms with van der Waals surface area (Å²) in [6, 6.07) is 7.52. The molecule has 4 aromatic rings. The van der Waals surface area contributed by atoms with Crippen LogP contribution in [0.15, 0.2) is 64.9 Å². The number of halogens is 4. The number of aliphatic imine (C=N–C) groups is 1. The van der Waals surface area contributed by atoms with E-state index in [4.69, 9.17) is 16.3 Å². The molecule has 3 aromatic heterocycles. The molecule has 8 nitrogen and oxygen atoms in total. The van der Waals surface area contributed by atoms with Crippen LogP contribution in [0, 0.1) is 6.92 Å². The lowest BCUT2D eigenvalue weighted by molar-refractivity contribution is -0.138. The van der Waals surface area contributed by atoms with E-state index in [0.717, 1.165) is 12.1 Å². The first-order valence-corrected chi connectivity index (χ1v) is 12.2. The van der Waals surface area contributed by atoms with Gasteiger partial charge in [-0.1, -0.05) is 17.7 Å². The average molecular weight is 538 g/mol. The number of anilines is 1. The van der Waals surface area contributed by atoms with Gasteiger partial charge in [0.2, 0.25) is 0 Å². The summed E-state index contributed by atoms with van der Waals surface area (Å²) >= 11 is 6.10. The van der Waals surface area contributed by atoms with E-state index in [9.17, 15) is 21.6 Å². The maximum Gasteiger partial charge on any atom is 0.416 e. The van der Waals surface area contributed by atoms with Gasteiger partial charge in [0.25, 0.3) is 10.0 Å². The minimum Gasteiger partial charge on any atom is -0.363 e. The fraction of sp³-hybridized carbons (Fsp3) is 0.174. The normalized spacial score (nSPS) is 12.8. The van der Waals surface area contributed by atoms with Crippen LogP contribution in [0.4, 0.5) is 18.9 Å². The van der Waals surface area contributed by atoms with Crippen molar-refractivity contribution in [2.75, 3.05) is 18.6 Å². The van der Waals surface area contributed by atoms with Crippen LogP contribution in [0.25, 0.3) is 11.0 Å². The number of fused-ring (bicyclic) bond motifs is 1. The molecule has 188 valence electrons. The van der Waals surface area contributed by atoms with E-state index in [2.05, 4.69) is 24.7 Å². The van der Waals surface area contributed by atoms with Crippen molar-refractivity contribution < 1.29 is 26.3 Å². The molecule has 1 aromatic carbocycles. The van der Waals surface area contributed by atoms with E-state index >= 15 is 0 Å². The van der Waals surface area contributed by atoms with Gasteiger partial charge in [-0.3, -0.25) is 14.7 Å². The van der Waals surface area contributed by atoms with Crippen molar-refractivity contribution >= 4 is 44.1 Å². The summed E-state index contributed by atoms with van der Waals surface area (Å²) < 4.78 is 73.9. The molecule has 0 saturated carbocycles. The number of ether oxygens (including phenoxy) is 1. The number of rotatable bonds is 7. The van der Waals surface area contributed by atoms with Gasteiger partial charge in [0.15, 0.2) is 0 Å². The minimum atomic E-state index is -4.72. The lowest BCUT2D eigenvalue weighted by Crippen LogP contribution is -2.19. The van der Waals surface area contributed by atoms with Gasteiger partial charge >= 0.3 is 6.18 Å².